The van der Waals surface area contributed by atoms with Crippen LogP contribution in [0.1, 0.15) is 31.4 Å². The predicted octanol–water partition coefficient (Wildman–Crippen LogP) is 2.45. The summed E-state index contributed by atoms with van der Waals surface area (Å²) in [5.41, 5.74) is 1.18. The van der Waals surface area contributed by atoms with Crippen LogP contribution in [-0.2, 0) is 0 Å². The van der Waals surface area contributed by atoms with Gasteiger partial charge in [-0.25, -0.2) is 0 Å². The Balaban J connectivity index is 1.99. The van der Waals surface area contributed by atoms with Crippen molar-refractivity contribution in [3.8, 4) is 11.5 Å². The summed E-state index contributed by atoms with van der Waals surface area (Å²) in [4.78, 5) is 2.46. The van der Waals surface area contributed by atoms with Crippen LogP contribution >= 0.6 is 0 Å². The third-order valence-corrected chi connectivity index (χ3v) is 3.98. The lowest BCUT2D eigenvalue weighted by atomic mass is 10.1. The fourth-order valence-corrected chi connectivity index (χ4v) is 2.57. The molecule has 0 spiro atoms. The molecule has 1 saturated heterocycles. The number of ether oxygens (including phenoxy) is 2. The summed E-state index contributed by atoms with van der Waals surface area (Å²) in [5, 5.41) is 3.26. The molecule has 1 heterocycles. The normalized spacial score (nSPS) is 17.1. The molecule has 1 atom stereocenters. The molecule has 1 aromatic carbocycles. The quantitative estimate of drug-likeness (QED) is 0.830. The largest absolute Gasteiger partial charge is 0.497 e. The number of rotatable bonds is 7. The van der Waals surface area contributed by atoms with E-state index in [1.54, 1.807) is 7.11 Å². The summed E-state index contributed by atoms with van der Waals surface area (Å²) < 4.78 is 11.3. The summed E-state index contributed by atoms with van der Waals surface area (Å²) in [6, 6.07) is 6.30. The number of hydrogen-bond acceptors (Lipinski definition) is 4. The number of benzene rings is 1. The van der Waals surface area contributed by atoms with Crippen LogP contribution in [0.4, 0.5) is 0 Å². The summed E-state index contributed by atoms with van der Waals surface area (Å²) >= 11 is 0. The van der Waals surface area contributed by atoms with Crippen molar-refractivity contribution >= 4 is 0 Å². The molecule has 20 heavy (non-hydrogen) atoms. The Kier molecular flexibility index (Phi) is 5.68. The molecule has 1 unspecified atom stereocenters. The molecule has 0 radical (unpaired) electrons. The first kappa shape index (κ1) is 15.1. The van der Waals surface area contributed by atoms with Crippen molar-refractivity contribution in [2.75, 3.05) is 40.4 Å². The zero-order chi connectivity index (χ0) is 14.4. The molecule has 1 aliphatic rings. The summed E-state index contributed by atoms with van der Waals surface area (Å²) in [5.74, 6) is 1.76. The fraction of sp³-hybridized carbons (Fsp3) is 0.625. The first-order valence-corrected chi connectivity index (χ1v) is 7.45. The molecular weight excluding hydrogens is 252 g/mol. The van der Waals surface area contributed by atoms with E-state index < -0.39 is 0 Å². The van der Waals surface area contributed by atoms with Gasteiger partial charge in [0.2, 0.25) is 0 Å². The molecule has 4 nitrogen and oxygen atoms in total. The highest BCUT2D eigenvalue weighted by Crippen LogP contribution is 2.29. The molecule has 1 aromatic rings. The second kappa shape index (κ2) is 7.50. The van der Waals surface area contributed by atoms with Crippen molar-refractivity contribution in [2.45, 2.75) is 25.8 Å². The van der Waals surface area contributed by atoms with Gasteiger partial charge in [0.15, 0.2) is 0 Å². The summed E-state index contributed by atoms with van der Waals surface area (Å²) in [6.07, 6.45) is 2.64. The van der Waals surface area contributed by atoms with E-state index in [4.69, 9.17) is 9.47 Å². The highest BCUT2D eigenvalue weighted by Gasteiger charge is 2.14. The van der Waals surface area contributed by atoms with Crippen LogP contribution in [0.25, 0.3) is 0 Å². The first-order valence-electron chi connectivity index (χ1n) is 7.45. The minimum atomic E-state index is 0.266. The van der Waals surface area contributed by atoms with Gasteiger partial charge < -0.3 is 14.8 Å². The molecule has 1 fully saturated rings. The average Bonchev–Trinajstić information content (AvgIpc) is 2.99. The van der Waals surface area contributed by atoms with E-state index in [2.05, 4.69) is 23.2 Å². The number of likely N-dealkylation sites (tertiary alicyclic amines) is 1. The number of hydrogen-bond donors (Lipinski definition) is 1. The van der Waals surface area contributed by atoms with Gasteiger partial charge in [-0.05, 0) is 46.0 Å². The number of methoxy groups -OCH3 is 1. The highest BCUT2D eigenvalue weighted by molar-refractivity contribution is 5.42. The summed E-state index contributed by atoms with van der Waals surface area (Å²) in [6.45, 7) is 6.29. The molecular formula is C16H26N2O2. The van der Waals surface area contributed by atoms with Gasteiger partial charge in [-0.3, -0.25) is 4.90 Å². The minimum Gasteiger partial charge on any atom is -0.497 e. The van der Waals surface area contributed by atoms with Gasteiger partial charge in [0.1, 0.15) is 18.1 Å². The Morgan fingerprint density at radius 2 is 2.05 bits per heavy atom. The van der Waals surface area contributed by atoms with Crippen molar-refractivity contribution in [1.29, 1.82) is 0 Å². The molecule has 0 saturated carbocycles. The van der Waals surface area contributed by atoms with E-state index in [-0.39, 0.29) is 6.04 Å². The molecule has 2 rings (SSSR count). The molecule has 1 N–H and O–H groups in total. The molecule has 0 aliphatic carbocycles. The van der Waals surface area contributed by atoms with Crippen molar-refractivity contribution in [3.05, 3.63) is 23.8 Å². The van der Waals surface area contributed by atoms with Gasteiger partial charge in [0, 0.05) is 24.2 Å². The molecule has 112 valence electrons. The van der Waals surface area contributed by atoms with E-state index in [9.17, 15) is 0 Å². The Morgan fingerprint density at radius 3 is 2.70 bits per heavy atom. The van der Waals surface area contributed by atoms with E-state index >= 15 is 0 Å². The lowest BCUT2D eigenvalue weighted by Crippen LogP contribution is -2.25. The Labute approximate surface area is 122 Å². The average molecular weight is 278 g/mol. The molecule has 0 amide bonds. The van der Waals surface area contributed by atoms with Gasteiger partial charge in [-0.1, -0.05) is 6.07 Å². The molecule has 1 aliphatic heterocycles. The second-order valence-electron chi connectivity index (χ2n) is 5.31. The van der Waals surface area contributed by atoms with E-state index in [0.29, 0.717) is 0 Å². The Bertz CT molecular complexity index is 417. The zero-order valence-electron chi connectivity index (χ0n) is 12.8. The van der Waals surface area contributed by atoms with Crippen LogP contribution in [0.5, 0.6) is 11.5 Å². The van der Waals surface area contributed by atoms with Crippen LogP contribution in [0.3, 0.4) is 0 Å². The SMILES string of the molecule is CNC(C)c1ccc(OC)cc1OCCN1CCCC1. The van der Waals surface area contributed by atoms with Gasteiger partial charge in [-0.15, -0.1) is 0 Å². The lowest BCUT2D eigenvalue weighted by Gasteiger charge is -2.19. The van der Waals surface area contributed by atoms with Gasteiger partial charge in [0.05, 0.1) is 7.11 Å². The lowest BCUT2D eigenvalue weighted by molar-refractivity contribution is 0.234. The topological polar surface area (TPSA) is 33.7 Å². The standard InChI is InChI=1S/C16H26N2O2/c1-13(17-2)15-7-6-14(19-3)12-16(15)20-11-10-18-8-4-5-9-18/h6-7,12-13,17H,4-5,8-11H2,1-3H3. The maximum absolute atomic E-state index is 6.00. The summed E-state index contributed by atoms with van der Waals surface area (Å²) in [7, 11) is 3.65. The second-order valence-corrected chi connectivity index (χ2v) is 5.31. The van der Waals surface area contributed by atoms with Crippen molar-refractivity contribution < 1.29 is 9.47 Å². The monoisotopic (exact) mass is 278 g/mol. The van der Waals surface area contributed by atoms with Crippen LogP contribution in [0.2, 0.25) is 0 Å². The van der Waals surface area contributed by atoms with Gasteiger partial charge in [0.25, 0.3) is 0 Å². The van der Waals surface area contributed by atoms with Crippen LogP contribution in [0.15, 0.2) is 18.2 Å². The predicted molar refractivity (Wildman–Crippen MR) is 81.6 cm³/mol. The van der Waals surface area contributed by atoms with E-state index in [1.165, 1.54) is 31.5 Å². The van der Waals surface area contributed by atoms with Crippen molar-refractivity contribution in [1.82, 2.24) is 10.2 Å². The number of nitrogens with zero attached hydrogens (tertiary/aromatic N) is 1. The zero-order valence-corrected chi connectivity index (χ0v) is 12.8. The Hall–Kier alpha value is -1.26. The third kappa shape index (κ3) is 3.87. The van der Waals surface area contributed by atoms with Crippen molar-refractivity contribution in [3.63, 3.8) is 0 Å². The van der Waals surface area contributed by atoms with Gasteiger partial charge >= 0.3 is 0 Å². The fourth-order valence-electron chi connectivity index (χ4n) is 2.57. The molecule has 4 heteroatoms. The molecule has 0 bridgehead atoms. The van der Waals surface area contributed by atoms with Crippen LogP contribution < -0.4 is 14.8 Å². The maximum atomic E-state index is 6.00. The minimum absolute atomic E-state index is 0.266. The highest BCUT2D eigenvalue weighted by atomic mass is 16.5. The van der Waals surface area contributed by atoms with Gasteiger partial charge in [-0.2, -0.15) is 0 Å². The maximum Gasteiger partial charge on any atom is 0.127 e. The Morgan fingerprint density at radius 1 is 1.30 bits per heavy atom. The van der Waals surface area contributed by atoms with Crippen molar-refractivity contribution in [2.24, 2.45) is 0 Å². The van der Waals surface area contributed by atoms with E-state index in [0.717, 1.165) is 24.7 Å². The smallest absolute Gasteiger partial charge is 0.127 e. The van der Waals surface area contributed by atoms with Crippen LogP contribution in [-0.4, -0.2) is 45.3 Å². The third-order valence-electron chi connectivity index (χ3n) is 3.98. The molecule has 0 aromatic heterocycles. The first-order chi connectivity index (χ1) is 9.74. The van der Waals surface area contributed by atoms with Crippen LogP contribution in [0, 0.1) is 0 Å². The van der Waals surface area contributed by atoms with E-state index in [1.807, 2.05) is 19.2 Å². The number of nitrogens with one attached hydrogen (secondary N) is 1.